The molecule has 1 aliphatic heterocycles. The molecule has 6 nitrogen and oxygen atoms in total. The number of nitrogens with one attached hydrogen (secondary N) is 2. The highest BCUT2D eigenvalue weighted by molar-refractivity contribution is 5.93. The van der Waals surface area contributed by atoms with Crippen LogP contribution in [0.2, 0.25) is 0 Å². The van der Waals surface area contributed by atoms with Crippen molar-refractivity contribution in [2.45, 2.75) is 52.0 Å². The highest BCUT2D eigenvalue weighted by Gasteiger charge is 2.36. The predicted molar refractivity (Wildman–Crippen MR) is 116 cm³/mol. The molecule has 1 amide bonds. The fourth-order valence-corrected chi connectivity index (χ4v) is 4.74. The van der Waals surface area contributed by atoms with Gasteiger partial charge in [0.15, 0.2) is 0 Å². The minimum atomic E-state index is -1.35. The number of halogens is 1. The number of carbonyl (C=O) groups is 2. The topological polar surface area (TPSA) is 87.7 Å². The average Bonchev–Trinajstić information content (AvgIpc) is 3.23. The molecule has 0 bridgehead atoms. The number of hydrogen-bond donors (Lipinski definition) is 3. The Bertz CT molecular complexity index is 1010. The Morgan fingerprint density at radius 2 is 1.90 bits per heavy atom. The SMILES string of the molecule is CC1(C)Cc2cc(OC(=O)O)ccc2NC1c1ccc(F)c(NC(=O)C2CCCC2)c1. The third-order valence-electron chi connectivity index (χ3n) is 6.32. The summed E-state index contributed by atoms with van der Waals surface area (Å²) < 4.78 is 19.2. The van der Waals surface area contributed by atoms with Gasteiger partial charge in [0.25, 0.3) is 0 Å². The molecule has 2 aliphatic rings. The average molecular weight is 426 g/mol. The minimum Gasteiger partial charge on any atom is -0.449 e. The fraction of sp³-hybridized carbons (Fsp3) is 0.417. The number of ether oxygens (including phenoxy) is 1. The van der Waals surface area contributed by atoms with E-state index in [1.807, 2.05) is 0 Å². The number of carbonyl (C=O) groups excluding carboxylic acids is 1. The Morgan fingerprint density at radius 1 is 1.16 bits per heavy atom. The van der Waals surface area contributed by atoms with Gasteiger partial charge in [-0.3, -0.25) is 4.79 Å². The monoisotopic (exact) mass is 426 g/mol. The molecule has 4 rings (SSSR count). The minimum absolute atomic E-state index is 0.0404. The summed E-state index contributed by atoms with van der Waals surface area (Å²) >= 11 is 0. The van der Waals surface area contributed by atoms with Crippen LogP contribution in [-0.4, -0.2) is 17.2 Å². The van der Waals surface area contributed by atoms with Crippen molar-refractivity contribution in [3.63, 3.8) is 0 Å². The van der Waals surface area contributed by atoms with Gasteiger partial charge in [0, 0.05) is 11.6 Å². The van der Waals surface area contributed by atoms with Gasteiger partial charge >= 0.3 is 6.16 Å². The summed E-state index contributed by atoms with van der Waals surface area (Å²) in [7, 11) is 0. The second-order valence-electron chi connectivity index (χ2n) is 9.14. The molecule has 2 aromatic rings. The lowest BCUT2D eigenvalue weighted by atomic mass is 9.73. The Kier molecular flexibility index (Phi) is 5.60. The highest BCUT2D eigenvalue weighted by atomic mass is 19.1. The molecule has 1 aliphatic carbocycles. The van der Waals surface area contributed by atoms with Crippen molar-refractivity contribution >= 4 is 23.4 Å². The lowest BCUT2D eigenvalue weighted by Gasteiger charge is -2.41. The maximum atomic E-state index is 14.5. The van der Waals surface area contributed by atoms with Crippen molar-refractivity contribution in [2.75, 3.05) is 10.6 Å². The van der Waals surface area contributed by atoms with Crippen LogP contribution >= 0.6 is 0 Å². The first-order chi connectivity index (χ1) is 14.7. The van der Waals surface area contributed by atoms with E-state index in [1.165, 1.54) is 6.07 Å². The molecule has 0 saturated heterocycles. The van der Waals surface area contributed by atoms with Gasteiger partial charge in [-0.05, 0) is 66.1 Å². The second kappa shape index (κ2) is 8.21. The first kappa shape index (κ1) is 21.2. The maximum Gasteiger partial charge on any atom is 0.511 e. The van der Waals surface area contributed by atoms with E-state index in [2.05, 4.69) is 24.5 Å². The van der Waals surface area contributed by atoms with Crippen LogP contribution in [0.15, 0.2) is 36.4 Å². The number of hydrogen-bond acceptors (Lipinski definition) is 4. The summed E-state index contributed by atoms with van der Waals surface area (Å²) in [6, 6.07) is 9.87. The van der Waals surface area contributed by atoms with Crippen molar-refractivity contribution in [2.24, 2.45) is 11.3 Å². The van der Waals surface area contributed by atoms with Gasteiger partial charge in [-0.15, -0.1) is 0 Å². The number of fused-ring (bicyclic) bond motifs is 1. The zero-order valence-electron chi connectivity index (χ0n) is 17.7. The molecule has 2 aromatic carbocycles. The van der Waals surface area contributed by atoms with Gasteiger partial charge in [0.2, 0.25) is 5.91 Å². The quantitative estimate of drug-likeness (QED) is 0.428. The van der Waals surface area contributed by atoms with E-state index in [0.717, 1.165) is 42.5 Å². The lowest BCUT2D eigenvalue weighted by Crippen LogP contribution is -2.35. The summed E-state index contributed by atoms with van der Waals surface area (Å²) in [6.45, 7) is 4.19. The van der Waals surface area contributed by atoms with E-state index >= 15 is 0 Å². The molecule has 1 saturated carbocycles. The van der Waals surface area contributed by atoms with Crippen LogP contribution in [-0.2, 0) is 11.2 Å². The number of carboxylic acid groups (broad SMARTS) is 1. The molecule has 31 heavy (non-hydrogen) atoms. The Morgan fingerprint density at radius 3 is 2.61 bits per heavy atom. The van der Waals surface area contributed by atoms with E-state index in [-0.39, 0.29) is 34.7 Å². The zero-order valence-corrected chi connectivity index (χ0v) is 17.7. The van der Waals surface area contributed by atoms with Crippen molar-refractivity contribution < 1.29 is 23.8 Å². The van der Waals surface area contributed by atoms with Gasteiger partial charge in [0.05, 0.1) is 11.7 Å². The van der Waals surface area contributed by atoms with Crippen molar-refractivity contribution in [1.29, 1.82) is 0 Å². The van der Waals surface area contributed by atoms with E-state index in [4.69, 9.17) is 9.84 Å². The number of benzene rings is 2. The lowest BCUT2D eigenvalue weighted by molar-refractivity contribution is -0.119. The third-order valence-corrected chi connectivity index (χ3v) is 6.32. The van der Waals surface area contributed by atoms with Gasteiger partial charge in [-0.1, -0.05) is 32.8 Å². The second-order valence-corrected chi connectivity index (χ2v) is 9.14. The molecule has 3 N–H and O–H groups in total. The molecule has 0 spiro atoms. The van der Waals surface area contributed by atoms with Crippen LogP contribution < -0.4 is 15.4 Å². The van der Waals surface area contributed by atoms with Crippen LogP contribution in [0.4, 0.5) is 20.6 Å². The maximum absolute atomic E-state index is 14.5. The van der Waals surface area contributed by atoms with Crippen LogP contribution in [0.25, 0.3) is 0 Å². The van der Waals surface area contributed by atoms with Crippen LogP contribution in [0.1, 0.15) is 56.7 Å². The molecule has 0 radical (unpaired) electrons. The fourth-order valence-electron chi connectivity index (χ4n) is 4.74. The van der Waals surface area contributed by atoms with Crippen LogP contribution in [0.5, 0.6) is 5.75 Å². The molecule has 1 heterocycles. The predicted octanol–water partition coefficient (Wildman–Crippen LogP) is 5.75. The molecule has 1 atom stereocenters. The van der Waals surface area contributed by atoms with Gasteiger partial charge in [-0.25, -0.2) is 9.18 Å². The Labute approximate surface area is 180 Å². The molecular weight excluding hydrogens is 399 g/mol. The Balaban J connectivity index is 1.59. The summed E-state index contributed by atoms with van der Waals surface area (Å²) in [5, 5.41) is 15.1. The normalized spacial score (nSPS) is 19.9. The summed E-state index contributed by atoms with van der Waals surface area (Å²) in [5.74, 6) is -0.317. The van der Waals surface area contributed by atoms with Gasteiger partial charge in [-0.2, -0.15) is 0 Å². The van der Waals surface area contributed by atoms with Gasteiger partial charge < -0.3 is 20.5 Å². The van der Waals surface area contributed by atoms with Crippen molar-refractivity contribution in [3.8, 4) is 5.75 Å². The largest absolute Gasteiger partial charge is 0.511 e. The number of anilines is 2. The summed E-state index contributed by atoms with van der Waals surface area (Å²) in [5.41, 5.74) is 2.67. The molecule has 164 valence electrons. The van der Waals surface area contributed by atoms with Crippen molar-refractivity contribution in [1.82, 2.24) is 0 Å². The molecular formula is C24H27FN2O4. The summed E-state index contributed by atoms with van der Waals surface area (Å²) in [6.07, 6.45) is 3.12. The molecule has 7 heteroatoms. The van der Waals surface area contributed by atoms with Crippen LogP contribution in [0.3, 0.4) is 0 Å². The first-order valence-corrected chi connectivity index (χ1v) is 10.6. The Hall–Kier alpha value is -3.09. The molecule has 1 fully saturated rings. The zero-order chi connectivity index (χ0) is 22.2. The molecule has 0 aromatic heterocycles. The first-order valence-electron chi connectivity index (χ1n) is 10.6. The van der Waals surface area contributed by atoms with Crippen LogP contribution in [0, 0.1) is 17.2 Å². The summed E-state index contributed by atoms with van der Waals surface area (Å²) in [4.78, 5) is 23.3. The highest BCUT2D eigenvalue weighted by Crippen LogP contribution is 2.46. The molecule has 1 unspecified atom stereocenters. The standard InChI is InChI=1S/C24H27FN2O4/c1-24(2)13-16-11-17(31-23(29)30)8-10-19(16)26-21(24)15-7-9-18(25)20(12-15)27-22(28)14-5-3-4-6-14/h7-12,14,21,26H,3-6,13H2,1-2H3,(H,27,28)(H,29,30). The van der Waals surface area contributed by atoms with E-state index in [0.29, 0.717) is 6.42 Å². The van der Waals surface area contributed by atoms with E-state index < -0.39 is 12.0 Å². The third kappa shape index (κ3) is 4.50. The smallest absolute Gasteiger partial charge is 0.449 e. The number of amides is 1. The van der Waals surface area contributed by atoms with E-state index in [9.17, 15) is 14.0 Å². The number of rotatable bonds is 4. The van der Waals surface area contributed by atoms with Gasteiger partial charge in [0.1, 0.15) is 11.6 Å². The van der Waals surface area contributed by atoms with E-state index in [1.54, 1.807) is 30.3 Å². The van der Waals surface area contributed by atoms with Crippen molar-refractivity contribution in [3.05, 3.63) is 53.3 Å².